The Bertz CT molecular complexity index is 1340. The van der Waals surface area contributed by atoms with E-state index >= 15 is 0 Å². The molecular formula is C28H32BN7O. The molecule has 37 heavy (non-hydrogen) atoms. The second-order valence-corrected chi connectivity index (χ2v) is 11.2. The van der Waals surface area contributed by atoms with Gasteiger partial charge >= 0.3 is 0 Å². The molecule has 188 valence electrons. The molecule has 8 nitrogen and oxygen atoms in total. The van der Waals surface area contributed by atoms with Gasteiger partial charge < -0.3 is 20.3 Å². The first-order valence-corrected chi connectivity index (χ1v) is 13.0. The van der Waals surface area contributed by atoms with Crippen LogP contribution in [0.2, 0.25) is 0 Å². The molecule has 3 aliphatic rings. The molecule has 0 spiro atoms. The lowest BCUT2D eigenvalue weighted by atomic mass is 9.91. The van der Waals surface area contributed by atoms with Crippen molar-refractivity contribution in [3.8, 4) is 6.07 Å². The number of aromatic nitrogens is 2. The summed E-state index contributed by atoms with van der Waals surface area (Å²) in [6.07, 6.45) is 2.24. The van der Waals surface area contributed by atoms with Crippen LogP contribution in [-0.4, -0.2) is 86.3 Å². The van der Waals surface area contributed by atoms with E-state index in [-0.39, 0.29) is 17.7 Å². The Morgan fingerprint density at radius 2 is 1.92 bits per heavy atom. The highest BCUT2D eigenvalue weighted by molar-refractivity contribution is 6.31. The highest BCUT2D eigenvalue weighted by atomic mass is 16.5. The largest absolute Gasteiger partial charge is 0.370 e. The van der Waals surface area contributed by atoms with Crippen molar-refractivity contribution in [1.29, 1.82) is 5.26 Å². The zero-order valence-electron chi connectivity index (χ0n) is 21.5. The minimum atomic E-state index is -0.0961. The molecule has 5 heterocycles. The molecule has 0 aliphatic carbocycles. The molecule has 3 saturated heterocycles. The van der Waals surface area contributed by atoms with Crippen LogP contribution in [0.3, 0.4) is 0 Å². The van der Waals surface area contributed by atoms with Crippen molar-refractivity contribution in [2.45, 2.75) is 37.5 Å². The van der Waals surface area contributed by atoms with E-state index in [4.69, 9.17) is 23.3 Å². The summed E-state index contributed by atoms with van der Waals surface area (Å²) >= 11 is 0. The summed E-state index contributed by atoms with van der Waals surface area (Å²) in [4.78, 5) is 16.2. The van der Waals surface area contributed by atoms with Crippen molar-refractivity contribution in [2.75, 3.05) is 55.6 Å². The van der Waals surface area contributed by atoms with Gasteiger partial charge in [0.2, 0.25) is 0 Å². The fraction of sp³-hybridized carbons (Fsp3) is 0.464. The van der Waals surface area contributed by atoms with Gasteiger partial charge in [-0.05, 0) is 49.3 Å². The van der Waals surface area contributed by atoms with E-state index in [0.29, 0.717) is 22.6 Å². The van der Waals surface area contributed by atoms with Crippen LogP contribution >= 0.6 is 0 Å². The van der Waals surface area contributed by atoms with Gasteiger partial charge in [0.1, 0.15) is 19.7 Å². The molecule has 2 radical (unpaired) electrons. The minimum Gasteiger partial charge on any atom is -0.370 e. The molecule has 0 amide bonds. The summed E-state index contributed by atoms with van der Waals surface area (Å²) in [6, 6.07) is 14.2. The van der Waals surface area contributed by atoms with E-state index in [0.717, 1.165) is 62.7 Å². The van der Waals surface area contributed by atoms with Gasteiger partial charge in [0.15, 0.2) is 0 Å². The van der Waals surface area contributed by atoms with Crippen molar-refractivity contribution >= 4 is 35.8 Å². The van der Waals surface area contributed by atoms with Crippen LogP contribution in [0.4, 0.5) is 11.5 Å². The predicted octanol–water partition coefficient (Wildman–Crippen LogP) is 1.53. The standard InChI is InChI=1S/C28H32BN7O/c1-18-11-35(24-6-3-19(9-30)27-23(24)5-7-25(29)33-27)15-22(37-18)14-34-12-21(13-34)20-4-8-26(32-10-20)36-16-28(2,31)17-36/h3-8,10,18,21-22H,11-17,31H2,1-2H3/t18-,22+/m1/s1. The van der Waals surface area contributed by atoms with Crippen molar-refractivity contribution in [1.82, 2.24) is 14.9 Å². The van der Waals surface area contributed by atoms with Crippen LogP contribution in [0.25, 0.3) is 10.9 Å². The average Bonchev–Trinajstić information content (AvgIpc) is 2.83. The lowest BCUT2D eigenvalue weighted by Crippen LogP contribution is -2.65. The molecule has 6 rings (SSSR count). The first kappa shape index (κ1) is 24.2. The number of hydrogen-bond donors (Lipinski definition) is 1. The van der Waals surface area contributed by atoms with Crippen LogP contribution in [0.5, 0.6) is 0 Å². The molecular weight excluding hydrogens is 461 g/mol. The van der Waals surface area contributed by atoms with Crippen molar-refractivity contribution in [3.05, 3.63) is 53.7 Å². The van der Waals surface area contributed by atoms with Crippen molar-refractivity contribution in [3.63, 3.8) is 0 Å². The number of rotatable bonds is 5. The second-order valence-electron chi connectivity index (χ2n) is 11.2. The topological polar surface area (TPSA) is 94.5 Å². The van der Waals surface area contributed by atoms with Gasteiger partial charge in [-0.15, -0.1) is 0 Å². The van der Waals surface area contributed by atoms with E-state index in [1.54, 1.807) is 6.07 Å². The third-order valence-corrected chi connectivity index (χ3v) is 7.73. The lowest BCUT2D eigenvalue weighted by molar-refractivity contribution is -0.0435. The van der Waals surface area contributed by atoms with Gasteiger partial charge in [-0.2, -0.15) is 5.26 Å². The molecule has 3 aromatic rings. The number of nitriles is 1. The van der Waals surface area contributed by atoms with Gasteiger partial charge in [-0.25, -0.2) is 4.98 Å². The quantitative estimate of drug-likeness (QED) is 0.535. The number of morpholine rings is 1. The third-order valence-electron chi connectivity index (χ3n) is 7.73. The first-order valence-electron chi connectivity index (χ1n) is 13.0. The molecule has 2 atom stereocenters. The Hall–Kier alpha value is -3.19. The highest BCUT2D eigenvalue weighted by Crippen LogP contribution is 2.32. The maximum Gasteiger partial charge on any atom is 0.141 e. The molecule has 0 saturated carbocycles. The van der Waals surface area contributed by atoms with E-state index in [1.165, 1.54) is 5.56 Å². The van der Waals surface area contributed by atoms with Crippen LogP contribution in [0.1, 0.15) is 30.9 Å². The number of benzene rings is 1. The molecule has 1 aromatic carbocycles. The van der Waals surface area contributed by atoms with Crippen LogP contribution in [-0.2, 0) is 4.74 Å². The average molecular weight is 493 g/mol. The van der Waals surface area contributed by atoms with E-state index in [1.807, 2.05) is 24.4 Å². The molecule has 3 aliphatic heterocycles. The Morgan fingerprint density at radius 3 is 2.62 bits per heavy atom. The number of nitrogens with two attached hydrogens (primary N) is 1. The molecule has 2 aromatic heterocycles. The number of pyridine rings is 2. The normalized spacial score (nSPS) is 23.9. The van der Waals surface area contributed by atoms with Gasteiger partial charge in [0, 0.05) is 74.5 Å². The van der Waals surface area contributed by atoms with Gasteiger partial charge in [0.05, 0.1) is 23.3 Å². The van der Waals surface area contributed by atoms with E-state index in [9.17, 15) is 5.26 Å². The molecule has 0 bridgehead atoms. The number of nitrogens with zero attached hydrogens (tertiary/aromatic N) is 6. The number of anilines is 2. The van der Waals surface area contributed by atoms with Gasteiger partial charge in [-0.3, -0.25) is 9.88 Å². The fourth-order valence-electron chi connectivity index (χ4n) is 5.96. The zero-order chi connectivity index (χ0) is 25.7. The predicted molar refractivity (Wildman–Crippen MR) is 147 cm³/mol. The third kappa shape index (κ3) is 4.77. The Balaban J connectivity index is 1.09. The number of likely N-dealkylation sites (tertiary alicyclic amines) is 1. The number of hydrogen-bond acceptors (Lipinski definition) is 8. The fourth-order valence-corrected chi connectivity index (χ4v) is 5.96. The van der Waals surface area contributed by atoms with Crippen LogP contribution < -0.4 is 21.1 Å². The van der Waals surface area contributed by atoms with Crippen molar-refractivity contribution in [2.24, 2.45) is 5.73 Å². The monoisotopic (exact) mass is 493 g/mol. The summed E-state index contributed by atoms with van der Waals surface area (Å²) in [5, 5.41) is 10.5. The molecule has 3 fully saturated rings. The maximum atomic E-state index is 9.54. The molecule has 0 unspecified atom stereocenters. The number of fused-ring (bicyclic) bond motifs is 1. The summed E-state index contributed by atoms with van der Waals surface area (Å²) in [5.41, 5.74) is 10.0. The molecule has 2 N–H and O–H groups in total. The van der Waals surface area contributed by atoms with E-state index < -0.39 is 0 Å². The SMILES string of the molecule is [B]c1ccc2c(N3C[C@H](CN4CC(c5ccc(N6CC(C)(N)C6)nc5)C4)O[C@H](C)C3)ccc(C#N)c2n1. The minimum absolute atomic E-state index is 0.0961. The summed E-state index contributed by atoms with van der Waals surface area (Å²) in [6.45, 7) is 10.4. The Kier molecular flexibility index (Phi) is 6.06. The van der Waals surface area contributed by atoms with E-state index in [2.05, 4.69) is 51.7 Å². The maximum absolute atomic E-state index is 9.54. The van der Waals surface area contributed by atoms with Crippen LogP contribution in [0, 0.1) is 11.3 Å². The molecule has 9 heteroatoms. The highest BCUT2D eigenvalue weighted by Gasteiger charge is 2.36. The van der Waals surface area contributed by atoms with Gasteiger partial charge in [0.25, 0.3) is 0 Å². The van der Waals surface area contributed by atoms with Crippen molar-refractivity contribution < 1.29 is 4.74 Å². The van der Waals surface area contributed by atoms with Gasteiger partial charge in [-0.1, -0.05) is 12.1 Å². The Labute approximate surface area is 219 Å². The number of ether oxygens (including phenoxy) is 1. The van der Waals surface area contributed by atoms with Crippen LogP contribution in [0.15, 0.2) is 42.6 Å². The summed E-state index contributed by atoms with van der Waals surface area (Å²) in [7, 11) is 5.92. The zero-order valence-corrected chi connectivity index (χ0v) is 21.5. The first-order chi connectivity index (χ1) is 17.8. The summed E-state index contributed by atoms with van der Waals surface area (Å²) < 4.78 is 6.34. The summed E-state index contributed by atoms with van der Waals surface area (Å²) in [5.74, 6) is 1.52. The lowest BCUT2D eigenvalue weighted by Gasteiger charge is -2.46. The second kappa shape index (κ2) is 9.28. The smallest absolute Gasteiger partial charge is 0.141 e. The Morgan fingerprint density at radius 1 is 1.11 bits per heavy atom.